The van der Waals surface area contributed by atoms with Gasteiger partial charge in [-0.15, -0.1) is 0 Å². The van der Waals surface area contributed by atoms with E-state index in [4.69, 9.17) is 14.2 Å². The number of ether oxygens (including phenoxy) is 3. The number of rotatable bonds is 5. The molecule has 28 heavy (non-hydrogen) atoms. The van der Waals surface area contributed by atoms with Crippen LogP contribution in [0.25, 0.3) is 0 Å². The summed E-state index contributed by atoms with van der Waals surface area (Å²) < 4.78 is 17.0. The molecule has 2 heterocycles. The van der Waals surface area contributed by atoms with Crippen LogP contribution >= 0.6 is 0 Å². The van der Waals surface area contributed by atoms with Gasteiger partial charge in [0.25, 0.3) is 5.91 Å². The van der Waals surface area contributed by atoms with E-state index >= 15 is 0 Å². The number of carbonyl (C=O) groups is 1. The van der Waals surface area contributed by atoms with Crippen LogP contribution in [0.4, 0.5) is 0 Å². The highest BCUT2D eigenvalue weighted by Crippen LogP contribution is 2.23. The van der Waals surface area contributed by atoms with Gasteiger partial charge < -0.3 is 19.1 Å². The zero-order chi connectivity index (χ0) is 19.2. The Labute approximate surface area is 165 Å². The van der Waals surface area contributed by atoms with Gasteiger partial charge in [-0.25, -0.2) is 0 Å². The van der Waals surface area contributed by atoms with Crippen molar-refractivity contribution < 1.29 is 19.0 Å². The summed E-state index contributed by atoms with van der Waals surface area (Å²) in [6.45, 7) is 5.28. The van der Waals surface area contributed by atoms with E-state index in [1.54, 1.807) is 0 Å². The molecule has 1 amide bonds. The number of para-hydroxylation sites is 1. The largest absolute Gasteiger partial charge is 0.457 e. The summed E-state index contributed by atoms with van der Waals surface area (Å²) >= 11 is 0. The number of benzene rings is 2. The molecule has 0 aromatic heterocycles. The third-order valence-electron chi connectivity index (χ3n) is 5.03. The Morgan fingerprint density at radius 2 is 1.75 bits per heavy atom. The maximum atomic E-state index is 12.7. The van der Waals surface area contributed by atoms with E-state index < -0.39 is 6.10 Å². The minimum absolute atomic E-state index is 0.0779. The van der Waals surface area contributed by atoms with Crippen molar-refractivity contribution in [3.8, 4) is 11.5 Å². The first-order valence-corrected chi connectivity index (χ1v) is 9.80. The van der Waals surface area contributed by atoms with E-state index in [9.17, 15) is 4.79 Å². The molecule has 0 aliphatic carbocycles. The van der Waals surface area contributed by atoms with E-state index in [0.29, 0.717) is 39.5 Å². The van der Waals surface area contributed by atoms with Gasteiger partial charge in [0.1, 0.15) is 17.6 Å². The van der Waals surface area contributed by atoms with Crippen LogP contribution in [0.2, 0.25) is 0 Å². The fourth-order valence-corrected chi connectivity index (χ4v) is 3.57. The lowest BCUT2D eigenvalue weighted by atomic mass is 10.1. The molecule has 2 aromatic rings. The second-order valence-electron chi connectivity index (χ2n) is 7.09. The van der Waals surface area contributed by atoms with Gasteiger partial charge in [0.2, 0.25) is 0 Å². The van der Waals surface area contributed by atoms with Gasteiger partial charge >= 0.3 is 0 Å². The van der Waals surface area contributed by atoms with Crippen molar-refractivity contribution in [3.05, 3.63) is 60.2 Å². The second kappa shape index (κ2) is 9.19. The average Bonchev–Trinajstić information content (AvgIpc) is 2.75. The molecule has 2 saturated heterocycles. The lowest BCUT2D eigenvalue weighted by Crippen LogP contribution is -2.53. The molecule has 6 heteroatoms. The first-order valence-electron chi connectivity index (χ1n) is 9.80. The molecule has 148 valence electrons. The molecule has 0 bridgehead atoms. The van der Waals surface area contributed by atoms with E-state index in [2.05, 4.69) is 17.0 Å². The molecule has 0 saturated carbocycles. The van der Waals surface area contributed by atoms with Gasteiger partial charge in [-0.3, -0.25) is 9.69 Å². The topological polar surface area (TPSA) is 51.2 Å². The van der Waals surface area contributed by atoms with Crippen molar-refractivity contribution in [2.45, 2.75) is 12.6 Å². The Morgan fingerprint density at radius 3 is 2.57 bits per heavy atom. The third kappa shape index (κ3) is 4.90. The molecule has 2 aliphatic heterocycles. The minimum Gasteiger partial charge on any atom is -0.457 e. The molecule has 2 aliphatic rings. The molecule has 0 spiro atoms. The number of hydrogen-bond acceptors (Lipinski definition) is 5. The normalized spacial score (nSPS) is 20.7. The maximum Gasteiger partial charge on any atom is 0.253 e. The van der Waals surface area contributed by atoms with Crippen molar-refractivity contribution in [3.63, 3.8) is 0 Å². The Kier molecular flexibility index (Phi) is 6.21. The fourth-order valence-electron chi connectivity index (χ4n) is 3.57. The van der Waals surface area contributed by atoms with E-state index in [1.807, 2.05) is 47.4 Å². The van der Waals surface area contributed by atoms with Crippen molar-refractivity contribution in [2.24, 2.45) is 0 Å². The highest BCUT2D eigenvalue weighted by molar-refractivity contribution is 5.81. The van der Waals surface area contributed by atoms with Crippen molar-refractivity contribution in [2.75, 3.05) is 46.0 Å². The Bertz CT molecular complexity index is 777. The summed E-state index contributed by atoms with van der Waals surface area (Å²) in [6, 6.07) is 17.9. The summed E-state index contributed by atoms with van der Waals surface area (Å²) in [6.07, 6.45) is -0.393. The minimum atomic E-state index is -0.393. The maximum absolute atomic E-state index is 12.7. The van der Waals surface area contributed by atoms with Crippen LogP contribution < -0.4 is 4.74 Å². The van der Waals surface area contributed by atoms with Crippen molar-refractivity contribution in [1.82, 2.24) is 9.80 Å². The molecule has 1 unspecified atom stereocenters. The molecule has 2 fully saturated rings. The highest BCUT2D eigenvalue weighted by Gasteiger charge is 2.31. The summed E-state index contributed by atoms with van der Waals surface area (Å²) in [4.78, 5) is 16.8. The molecule has 0 radical (unpaired) electrons. The monoisotopic (exact) mass is 382 g/mol. The van der Waals surface area contributed by atoms with Gasteiger partial charge in [-0.05, 0) is 29.8 Å². The molecular weight excluding hydrogens is 356 g/mol. The average molecular weight is 382 g/mol. The van der Waals surface area contributed by atoms with Crippen LogP contribution in [0, 0.1) is 0 Å². The van der Waals surface area contributed by atoms with Gasteiger partial charge in [0, 0.05) is 32.7 Å². The number of carbonyl (C=O) groups excluding carboxylic acids is 1. The van der Waals surface area contributed by atoms with Gasteiger partial charge in [-0.1, -0.05) is 30.3 Å². The zero-order valence-electron chi connectivity index (χ0n) is 16.0. The predicted molar refractivity (Wildman–Crippen MR) is 105 cm³/mol. The van der Waals surface area contributed by atoms with E-state index in [-0.39, 0.29) is 5.91 Å². The van der Waals surface area contributed by atoms with Crippen LogP contribution in [-0.4, -0.2) is 67.8 Å². The first-order chi connectivity index (χ1) is 13.8. The fraction of sp³-hybridized carbons (Fsp3) is 0.409. The van der Waals surface area contributed by atoms with Gasteiger partial charge in [-0.2, -0.15) is 0 Å². The van der Waals surface area contributed by atoms with Crippen LogP contribution in [0.1, 0.15) is 5.56 Å². The quantitative estimate of drug-likeness (QED) is 0.796. The first kappa shape index (κ1) is 18.9. The summed E-state index contributed by atoms with van der Waals surface area (Å²) in [5, 5.41) is 0. The molecular formula is C22H26N2O4. The number of morpholine rings is 2. The lowest BCUT2D eigenvalue weighted by Gasteiger charge is -2.36. The Balaban J connectivity index is 1.36. The zero-order valence-corrected chi connectivity index (χ0v) is 16.0. The summed E-state index contributed by atoms with van der Waals surface area (Å²) in [5.74, 6) is 1.72. The number of nitrogens with zero attached hydrogens (tertiary/aromatic N) is 2. The van der Waals surface area contributed by atoms with E-state index in [0.717, 1.165) is 30.2 Å². The molecule has 2 aromatic carbocycles. The standard InChI is InChI=1S/C22H26N2O4/c25-22(24-10-12-26-13-11-24)21-17-23(9-14-27-21)16-18-5-4-8-20(15-18)28-19-6-2-1-3-7-19/h1-8,15,21H,9-14,16-17H2. The van der Waals surface area contributed by atoms with Crippen LogP contribution in [0.5, 0.6) is 11.5 Å². The molecule has 6 nitrogen and oxygen atoms in total. The van der Waals surface area contributed by atoms with Crippen LogP contribution in [-0.2, 0) is 20.8 Å². The molecule has 0 N–H and O–H groups in total. The van der Waals surface area contributed by atoms with Crippen LogP contribution in [0.15, 0.2) is 54.6 Å². The number of hydrogen-bond donors (Lipinski definition) is 0. The highest BCUT2D eigenvalue weighted by atomic mass is 16.5. The van der Waals surface area contributed by atoms with Crippen molar-refractivity contribution >= 4 is 5.91 Å². The number of amides is 1. The Morgan fingerprint density at radius 1 is 0.964 bits per heavy atom. The van der Waals surface area contributed by atoms with Gasteiger partial charge in [0.05, 0.1) is 19.8 Å². The van der Waals surface area contributed by atoms with Crippen LogP contribution in [0.3, 0.4) is 0 Å². The molecule has 1 atom stereocenters. The summed E-state index contributed by atoms with van der Waals surface area (Å²) in [5.41, 5.74) is 1.16. The third-order valence-corrected chi connectivity index (χ3v) is 5.03. The Hall–Kier alpha value is -2.41. The summed E-state index contributed by atoms with van der Waals surface area (Å²) in [7, 11) is 0. The molecule has 4 rings (SSSR count). The lowest BCUT2D eigenvalue weighted by molar-refractivity contribution is -0.153. The predicted octanol–water partition coefficient (Wildman–Crippen LogP) is 2.54. The van der Waals surface area contributed by atoms with E-state index in [1.165, 1.54) is 0 Å². The SMILES string of the molecule is O=C(C1CN(Cc2cccc(Oc3ccccc3)c2)CCO1)N1CCOCC1. The smallest absolute Gasteiger partial charge is 0.253 e. The van der Waals surface area contributed by atoms with Crippen molar-refractivity contribution in [1.29, 1.82) is 0 Å². The second-order valence-corrected chi connectivity index (χ2v) is 7.09. The van der Waals surface area contributed by atoms with Gasteiger partial charge in [0.15, 0.2) is 0 Å².